The number of aryl methyl sites for hydroxylation is 1. The fourth-order valence-electron chi connectivity index (χ4n) is 3.57. The van der Waals surface area contributed by atoms with Gasteiger partial charge in [-0.25, -0.2) is 4.39 Å². The van der Waals surface area contributed by atoms with Crippen molar-refractivity contribution in [2.24, 2.45) is 0 Å². The molecule has 0 atom stereocenters. The van der Waals surface area contributed by atoms with Crippen LogP contribution in [-0.2, 0) is 13.1 Å². The summed E-state index contributed by atoms with van der Waals surface area (Å²) in [6.07, 6.45) is 2.57. The summed E-state index contributed by atoms with van der Waals surface area (Å²) in [4.78, 5) is 0. The summed E-state index contributed by atoms with van der Waals surface area (Å²) >= 11 is 0. The molecular weight excluding hydrogens is 377 g/mol. The summed E-state index contributed by atoms with van der Waals surface area (Å²) in [5.74, 6) is 0.376. The molecule has 0 aliphatic heterocycles. The predicted molar refractivity (Wildman–Crippen MR) is 118 cm³/mol. The van der Waals surface area contributed by atoms with Crippen LogP contribution in [0, 0.1) is 11.2 Å². The molecule has 1 N–H and O–H groups in total. The molecule has 0 unspecified atom stereocenters. The van der Waals surface area contributed by atoms with Gasteiger partial charge in [-0.1, -0.05) is 49.1 Å². The maximum atomic E-state index is 13.0. The Bertz CT molecular complexity index is 1200. The lowest BCUT2D eigenvalue weighted by Crippen LogP contribution is -2.25. The molecular formula is C25H24FN3O. The van der Waals surface area contributed by atoms with E-state index in [4.69, 9.17) is 10.1 Å². The molecule has 0 aliphatic carbocycles. The Balaban J connectivity index is 1.51. The minimum absolute atomic E-state index is 0.274. The van der Waals surface area contributed by atoms with E-state index in [1.807, 2.05) is 45.5 Å². The third-order valence-electron chi connectivity index (χ3n) is 5.14. The highest BCUT2D eigenvalue weighted by atomic mass is 19.1. The summed E-state index contributed by atoms with van der Waals surface area (Å²) in [5.41, 5.74) is 4.76. The van der Waals surface area contributed by atoms with Gasteiger partial charge in [-0.3, -0.25) is 5.41 Å². The van der Waals surface area contributed by atoms with Crippen molar-refractivity contribution < 1.29 is 9.13 Å². The first-order valence-corrected chi connectivity index (χ1v) is 9.98. The van der Waals surface area contributed by atoms with Crippen LogP contribution in [-0.4, -0.2) is 15.7 Å². The minimum Gasteiger partial charge on any atom is -0.494 e. The van der Waals surface area contributed by atoms with E-state index in [9.17, 15) is 4.39 Å². The molecule has 5 heteroatoms. The van der Waals surface area contributed by atoms with Gasteiger partial charge in [0.25, 0.3) is 0 Å². The summed E-state index contributed by atoms with van der Waals surface area (Å²) in [5, 5.41) is 8.75. The van der Waals surface area contributed by atoms with E-state index >= 15 is 0 Å². The zero-order valence-electron chi connectivity index (χ0n) is 16.7. The molecule has 0 radical (unpaired) electrons. The number of nitrogens with zero attached hydrogens (tertiary/aromatic N) is 2. The normalized spacial score (nSPS) is 11.0. The van der Waals surface area contributed by atoms with Crippen LogP contribution in [0.25, 0.3) is 17.1 Å². The Morgan fingerprint density at radius 3 is 2.23 bits per heavy atom. The zero-order chi connectivity index (χ0) is 20.9. The van der Waals surface area contributed by atoms with Crippen molar-refractivity contribution in [1.82, 2.24) is 9.13 Å². The Morgan fingerprint density at radius 2 is 1.57 bits per heavy atom. The number of hydrogen-bond donors (Lipinski definition) is 1. The fourth-order valence-corrected chi connectivity index (χ4v) is 3.57. The van der Waals surface area contributed by atoms with Crippen molar-refractivity contribution in [1.29, 1.82) is 5.41 Å². The van der Waals surface area contributed by atoms with Crippen LogP contribution >= 0.6 is 0 Å². The number of hydrogen-bond acceptors (Lipinski definition) is 2. The molecule has 0 saturated heterocycles. The SMILES string of the molecule is C=Cc1ccc(Cn2c(=N)n(CCCOc3ccc(F)cc3)c3ccccc32)cc1. The first-order valence-electron chi connectivity index (χ1n) is 9.98. The van der Waals surface area contributed by atoms with Gasteiger partial charge in [0.1, 0.15) is 11.6 Å². The maximum absolute atomic E-state index is 13.0. The molecule has 3 aromatic carbocycles. The molecule has 30 heavy (non-hydrogen) atoms. The number of ether oxygens (including phenoxy) is 1. The van der Waals surface area contributed by atoms with Gasteiger partial charge in [0.15, 0.2) is 0 Å². The molecule has 152 valence electrons. The lowest BCUT2D eigenvalue weighted by atomic mass is 10.1. The summed E-state index contributed by atoms with van der Waals surface area (Å²) < 4.78 is 22.7. The van der Waals surface area contributed by atoms with Gasteiger partial charge in [0, 0.05) is 6.54 Å². The van der Waals surface area contributed by atoms with Gasteiger partial charge in [-0.05, 0) is 53.9 Å². The average Bonchev–Trinajstić information content (AvgIpc) is 3.04. The first-order chi connectivity index (χ1) is 14.7. The molecule has 1 aromatic heterocycles. The molecule has 0 bridgehead atoms. The number of halogens is 1. The molecule has 0 amide bonds. The summed E-state index contributed by atoms with van der Waals surface area (Å²) in [6, 6.07) is 22.4. The van der Waals surface area contributed by atoms with Gasteiger partial charge in [-0.15, -0.1) is 0 Å². The zero-order valence-corrected chi connectivity index (χ0v) is 16.7. The number of aromatic nitrogens is 2. The van der Waals surface area contributed by atoms with Crippen molar-refractivity contribution in [3.63, 3.8) is 0 Å². The lowest BCUT2D eigenvalue weighted by Gasteiger charge is -2.08. The van der Waals surface area contributed by atoms with Gasteiger partial charge in [-0.2, -0.15) is 0 Å². The van der Waals surface area contributed by atoms with Crippen molar-refractivity contribution in [2.45, 2.75) is 19.5 Å². The van der Waals surface area contributed by atoms with E-state index in [2.05, 4.69) is 24.8 Å². The molecule has 0 aliphatic rings. The largest absolute Gasteiger partial charge is 0.494 e. The number of para-hydroxylation sites is 2. The second kappa shape index (κ2) is 8.82. The quantitative estimate of drug-likeness (QED) is 0.404. The van der Waals surface area contributed by atoms with Gasteiger partial charge >= 0.3 is 0 Å². The van der Waals surface area contributed by atoms with Crippen LogP contribution in [0.4, 0.5) is 4.39 Å². The first kappa shape index (κ1) is 19.7. The molecule has 1 heterocycles. The van der Waals surface area contributed by atoms with Crippen molar-refractivity contribution in [3.8, 4) is 5.75 Å². The van der Waals surface area contributed by atoms with Crippen molar-refractivity contribution >= 4 is 17.1 Å². The monoisotopic (exact) mass is 401 g/mol. The predicted octanol–water partition coefficient (Wildman–Crippen LogP) is 5.22. The van der Waals surface area contributed by atoms with Crippen molar-refractivity contribution in [2.75, 3.05) is 6.61 Å². The highest BCUT2D eigenvalue weighted by molar-refractivity contribution is 5.76. The third-order valence-corrected chi connectivity index (χ3v) is 5.14. The lowest BCUT2D eigenvalue weighted by molar-refractivity contribution is 0.300. The van der Waals surface area contributed by atoms with Crippen LogP contribution in [0.3, 0.4) is 0 Å². The number of rotatable bonds is 8. The summed E-state index contributed by atoms with van der Waals surface area (Å²) in [6.45, 7) is 5.60. The number of benzene rings is 3. The average molecular weight is 401 g/mol. The Kier molecular flexibility index (Phi) is 5.80. The Hall–Kier alpha value is -3.60. The van der Waals surface area contributed by atoms with E-state index < -0.39 is 0 Å². The van der Waals surface area contributed by atoms with E-state index in [-0.39, 0.29) is 5.82 Å². The second-order valence-electron chi connectivity index (χ2n) is 7.15. The molecule has 0 fully saturated rings. The third kappa shape index (κ3) is 4.20. The minimum atomic E-state index is -0.274. The fraction of sp³-hybridized carbons (Fsp3) is 0.160. The van der Waals surface area contributed by atoms with Crippen LogP contribution in [0.5, 0.6) is 5.75 Å². The molecule has 4 aromatic rings. The van der Waals surface area contributed by atoms with Gasteiger partial charge < -0.3 is 13.9 Å². The molecule has 4 rings (SSSR count). The standard InChI is InChI=1S/C25H24FN3O/c1-2-19-8-10-20(11-9-19)18-29-24-7-4-3-6-23(24)28(25(29)27)16-5-17-30-22-14-12-21(26)13-15-22/h2-4,6-15,27H,1,5,16-18H2. The van der Waals surface area contributed by atoms with Crippen molar-refractivity contribution in [3.05, 3.63) is 102 Å². The van der Waals surface area contributed by atoms with Crippen LogP contribution < -0.4 is 10.4 Å². The smallest absolute Gasteiger partial charge is 0.203 e. The van der Waals surface area contributed by atoms with E-state index in [1.54, 1.807) is 12.1 Å². The van der Waals surface area contributed by atoms with Crippen LogP contribution in [0.1, 0.15) is 17.5 Å². The van der Waals surface area contributed by atoms with Crippen LogP contribution in [0.15, 0.2) is 79.4 Å². The second-order valence-corrected chi connectivity index (χ2v) is 7.15. The van der Waals surface area contributed by atoms with Gasteiger partial charge in [0.2, 0.25) is 5.62 Å². The van der Waals surface area contributed by atoms with E-state index in [0.29, 0.717) is 31.1 Å². The number of imidazole rings is 1. The Morgan fingerprint density at radius 1 is 0.900 bits per heavy atom. The van der Waals surface area contributed by atoms with Crippen LogP contribution in [0.2, 0.25) is 0 Å². The molecule has 4 nitrogen and oxygen atoms in total. The maximum Gasteiger partial charge on any atom is 0.203 e. The number of nitrogens with one attached hydrogen (secondary N) is 1. The molecule has 0 saturated carbocycles. The number of fused-ring (bicyclic) bond motifs is 1. The highest BCUT2D eigenvalue weighted by Crippen LogP contribution is 2.16. The highest BCUT2D eigenvalue weighted by Gasteiger charge is 2.11. The summed E-state index contributed by atoms with van der Waals surface area (Å²) in [7, 11) is 0. The van der Waals surface area contributed by atoms with E-state index in [0.717, 1.165) is 28.6 Å². The van der Waals surface area contributed by atoms with E-state index in [1.165, 1.54) is 12.1 Å². The Labute approximate surface area is 175 Å². The topological polar surface area (TPSA) is 42.9 Å². The molecule has 0 spiro atoms. The van der Waals surface area contributed by atoms with Gasteiger partial charge in [0.05, 0.1) is 24.2 Å².